The highest BCUT2D eigenvalue weighted by molar-refractivity contribution is 7.89. The molecule has 2 aromatic carbocycles. The molecule has 34 heavy (non-hydrogen) atoms. The molecule has 1 heterocycles. The van der Waals surface area contributed by atoms with Crippen LogP contribution >= 0.6 is 0 Å². The smallest absolute Gasteiger partial charge is 0.416 e. The number of amides is 1. The molecule has 0 radical (unpaired) electrons. The molecule has 11 heteroatoms. The molecule has 2 N–H and O–H groups in total. The number of nitrogens with zero attached hydrogens (tertiary/aromatic N) is 1. The number of hydrogen-bond acceptors (Lipinski definition) is 4. The Bertz CT molecular complexity index is 1170. The summed E-state index contributed by atoms with van der Waals surface area (Å²) in [5, 5.41) is 11.9. The Morgan fingerprint density at radius 3 is 2.44 bits per heavy atom. The Morgan fingerprint density at radius 1 is 1.15 bits per heavy atom. The molecule has 1 aliphatic heterocycles. The van der Waals surface area contributed by atoms with Crippen LogP contribution in [-0.2, 0) is 38.8 Å². The average Bonchev–Trinajstić information content (AvgIpc) is 2.80. The first-order valence-electron chi connectivity index (χ1n) is 10.7. The maximum atomic E-state index is 13.4. The van der Waals surface area contributed by atoms with E-state index in [1.807, 2.05) is 6.92 Å². The first-order chi connectivity index (χ1) is 15.9. The fourth-order valence-electron chi connectivity index (χ4n) is 3.88. The number of carboxylic acid groups (broad SMARTS) is 1. The lowest BCUT2D eigenvalue weighted by atomic mass is 9.95. The number of unbranched alkanes of at least 4 members (excludes halogenated alkanes) is 1. The summed E-state index contributed by atoms with van der Waals surface area (Å²) in [6.07, 6.45) is -3.38. The molecule has 1 aliphatic rings. The summed E-state index contributed by atoms with van der Waals surface area (Å²) < 4.78 is 67.3. The number of aliphatic carboxylic acids is 1. The zero-order valence-electron chi connectivity index (χ0n) is 18.4. The van der Waals surface area contributed by atoms with Gasteiger partial charge in [-0.15, -0.1) is 0 Å². The van der Waals surface area contributed by atoms with Crippen LogP contribution in [0.1, 0.15) is 42.9 Å². The van der Waals surface area contributed by atoms with Gasteiger partial charge in [0, 0.05) is 6.54 Å². The van der Waals surface area contributed by atoms with Crippen molar-refractivity contribution in [2.45, 2.75) is 62.3 Å². The molecule has 0 saturated heterocycles. The van der Waals surface area contributed by atoms with Crippen LogP contribution in [0, 0.1) is 0 Å². The minimum Gasteiger partial charge on any atom is -0.480 e. The van der Waals surface area contributed by atoms with Gasteiger partial charge in [0.1, 0.15) is 12.1 Å². The summed E-state index contributed by atoms with van der Waals surface area (Å²) in [5.41, 5.74) is 0.193. The molecule has 2 atom stereocenters. The Balaban J connectivity index is 2.00. The molecule has 184 valence electrons. The minimum atomic E-state index is -4.75. The molecule has 0 aliphatic carbocycles. The molecule has 0 spiro atoms. The van der Waals surface area contributed by atoms with Crippen molar-refractivity contribution in [1.29, 1.82) is 0 Å². The molecule has 1 amide bonds. The standard InChI is InChI=1S/C23H25F3N2O5S/c1-2-3-11-19(22(30)31)27-21(29)20-12-15-7-4-5-8-16(15)14-28(20)34(32,33)18-10-6-9-17(13-18)23(24,25)26/h4-10,13,19-20H,2-3,11-12,14H2,1H3,(H,27,29)(H,30,31)/t19?,20-/m0/s1. The number of benzene rings is 2. The van der Waals surface area contributed by atoms with E-state index >= 15 is 0 Å². The SMILES string of the molecule is CCCCC(NC(=O)[C@@H]1Cc2ccccc2CN1S(=O)(=O)c1cccc(C(F)(F)F)c1)C(=O)O. The molecular weight excluding hydrogens is 473 g/mol. The van der Waals surface area contributed by atoms with Crippen molar-refractivity contribution in [3.8, 4) is 0 Å². The lowest BCUT2D eigenvalue weighted by Gasteiger charge is -2.35. The fraction of sp³-hybridized carbons (Fsp3) is 0.391. The van der Waals surface area contributed by atoms with Crippen LogP contribution < -0.4 is 5.32 Å². The van der Waals surface area contributed by atoms with E-state index in [0.717, 1.165) is 22.5 Å². The van der Waals surface area contributed by atoms with Crippen molar-refractivity contribution in [2.24, 2.45) is 0 Å². The lowest BCUT2D eigenvalue weighted by molar-refractivity contribution is -0.142. The van der Waals surface area contributed by atoms with Crippen LogP contribution in [0.4, 0.5) is 13.2 Å². The number of fused-ring (bicyclic) bond motifs is 1. The predicted octanol–water partition coefficient (Wildman–Crippen LogP) is 3.58. The number of halogens is 3. The lowest BCUT2D eigenvalue weighted by Crippen LogP contribution is -2.55. The molecule has 0 fully saturated rings. The Kier molecular flexibility index (Phi) is 7.67. The third kappa shape index (κ3) is 5.58. The Morgan fingerprint density at radius 2 is 1.82 bits per heavy atom. The summed E-state index contributed by atoms with van der Waals surface area (Å²) in [6, 6.07) is 7.64. The molecule has 0 saturated carbocycles. The van der Waals surface area contributed by atoms with Gasteiger partial charge < -0.3 is 10.4 Å². The van der Waals surface area contributed by atoms with Crippen molar-refractivity contribution < 1.29 is 36.3 Å². The van der Waals surface area contributed by atoms with Crippen molar-refractivity contribution in [2.75, 3.05) is 0 Å². The second kappa shape index (κ2) is 10.1. The van der Waals surface area contributed by atoms with E-state index in [1.54, 1.807) is 24.3 Å². The van der Waals surface area contributed by atoms with E-state index in [1.165, 1.54) is 0 Å². The van der Waals surface area contributed by atoms with Crippen molar-refractivity contribution in [3.05, 3.63) is 65.2 Å². The third-order valence-electron chi connectivity index (χ3n) is 5.74. The first-order valence-corrected chi connectivity index (χ1v) is 12.2. The highest BCUT2D eigenvalue weighted by atomic mass is 32.2. The minimum absolute atomic E-state index is 0.0414. The van der Waals surface area contributed by atoms with Crippen LogP contribution in [0.5, 0.6) is 0 Å². The summed E-state index contributed by atoms with van der Waals surface area (Å²) in [4.78, 5) is 24.1. The molecule has 1 unspecified atom stereocenters. The van der Waals surface area contributed by atoms with E-state index in [9.17, 15) is 36.3 Å². The van der Waals surface area contributed by atoms with Gasteiger partial charge in [0.25, 0.3) is 0 Å². The normalized spacial score (nSPS) is 17.6. The van der Waals surface area contributed by atoms with Gasteiger partial charge in [-0.05, 0) is 42.2 Å². The number of hydrogen-bond donors (Lipinski definition) is 2. The number of carbonyl (C=O) groups is 2. The maximum Gasteiger partial charge on any atom is 0.416 e. The maximum absolute atomic E-state index is 13.4. The first kappa shape index (κ1) is 25.7. The topological polar surface area (TPSA) is 104 Å². The van der Waals surface area contributed by atoms with E-state index < -0.39 is 50.6 Å². The van der Waals surface area contributed by atoms with Crippen molar-refractivity contribution in [3.63, 3.8) is 0 Å². The van der Waals surface area contributed by atoms with Crippen molar-refractivity contribution >= 4 is 21.9 Å². The summed E-state index contributed by atoms with van der Waals surface area (Å²) >= 11 is 0. The molecule has 0 bridgehead atoms. The largest absolute Gasteiger partial charge is 0.480 e. The zero-order valence-corrected chi connectivity index (χ0v) is 19.2. The highest BCUT2D eigenvalue weighted by Gasteiger charge is 2.41. The summed E-state index contributed by atoms with van der Waals surface area (Å²) in [7, 11) is -4.53. The summed E-state index contributed by atoms with van der Waals surface area (Å²) in [5.74, 6) is -2.06. The highest BCUT2D eigenvalue weighted by Crippen LogP contribution is 2.33. The second-order valence-corrected chi connectivity index (χ2v) is 10.00. The summed E-state index contributed by atoms with van der Waals surface area (Å²) in [6.45, 7) is 1.63. The van der Waals surface area contributed by atoms with E-state index in [-0.39, 0.29) is 19.4 Å². The van der Waals surface area contributed by atoms with Gasteiger partial charge in [0.15, 0.2) is 0 Å². The molecular formula is C23H25F3N2O5S. The second-order valence-electron chi connectivity index (χ2n) is 8.11. The number of rotatable bonds is 8. The molecule has 3 rings (SSSR count). The number of alkyl halides is 3. The van der Waals surface area contributed by atoms with Gasteiger partial charge >= 0.3 is 12.1 Å². The molecule has 0 aromatic heterocycles. The molecule has 2 aromatic rings. The van der Waals surface area contributed by atoms with Crippen LogP contribution in [0.25, 0.3) is 0 Å². The van der Waals surface area contributed by atoms with Gasteiger partial charge in [0.2, 0.25) is 15.9 Å². The van der Waals surface area contributed by atoms with Crippen LogP contribution in [0.2, 0.25) is 0 Å². The van der Waals surface area contributed by atoms with Crippen LogP contribution in [0.15, 0.2) is 53.4 Å². The van der Waals surface area contributed by atoms with Gasteiger partial charge in [-0.2, -0.15) is 17.5 Å². The third-order valence-corrected chi connectivity index (χ3v) is 7.59. The van der Waals surface area contributed by atoms with Crippen LogP contribution in [0.3, 0.4) is 0 Å². The Labute approximate surface area is 195 Å². The number of carbonyl (C=O) groups excluding carboxylic acids is 1. The number of nitrogens with one attached hydrogen (secondary N) is 1. The quantitative estimate of drug-likeness (QED) is 0.579. The van der Waals surface area contributed by atoms with E-state index in [4.69, 9.17) is 0 Å². The van der Waals surface area contributed by atoms with Gasteiger partial charge in [0.05, 0.1) is 10.5 Å². The van der Waals surface area contributed by atoms with E-state index in [0.29, 0.717) is 30.0 Å². The van der Waals surface area contributed by atoms with Gasteiger partial charge in [-0.25, -0.2) is 13.2 Å². The average molecular weight is 499 g/mol. The predicted molar refractivity (Wildman–Crippen MR) is 117 cm³/mol. The fourth-order valence-corrected chi connectivity index (χ4v) is 5.49. The monoisotopic (exact) mass is 498 g/mol. The van der Waals surface area contributed by atoms with E-state index in [2.05, 4.69) is 5.32 Å². The van der Waals surface area contributed by atoms with Gasteiger partial charge in [-0.3, -0.25) is 4.79 Å². The number of carboxylic acids is 1. The number of sulfonamides is 1. The Hall–Kier alpha value is -2.92. The molecule has 7 nitrogen and oxygen atoms in total. The van der Waals surface area contributed by atoms with Crippen molar-refractivity contribution in [1.82, 2.24) is 9.62 Å². The van der Waals surface area contributed by atoms with Crippen LogP contribution in [-0.4, -0.2) is 41.8 Å². The van der Waals surface area contributed by atoms with Gasteiger partial charge in [-0.1, -0.05) is 50.1 Å². The zero-order chi connectivity index (χ0) is 25.1.